The van der Waals surface area contributed by atoms with Crippen molar-refractivity contribution in [3.8, 4) is 11.5 Å². The van der Waals surface area contributed by atoms with E-state index in [1.807, 2.05) is 6.92 Å². The fourth-order valence-electron chi connectivity index (χ4n) is 3.58. The highest BCUT2D eigenvalue weighted by Gasteiger charge is 2.37. The van der Waals surface area contributed by atoms with Crippen molar-refractivity contribution in [2.24, 2.45) is 0 Å². The fraction of sp³-hybridized carbons (Fsp3) is 0.111. The van der Waals surface area contributed by atoms with Gasteiger partial charge in [0.1, 0.15) is 12.2 Å². The van der Waals surface area contributed by atoms with E-state index in [2.05, 4.69) is 21.2 Å². The standard InChI is InChI=1S/C27H21BrN2O7/c1-15-3-9-19(10-4-15)30-25(32)20(24(31)29-27(30)35)11-18-12-22(36-2)23(13-21(18)28)37-14-16-5-7-17(8-6-16)26(33)34/h3-13H,14H2,1-2H3,(H,33,34)(H,29,31,35)/b20-11+. The molecule has 4 rings (SSSR count). The predicted molar refractivity (Wildman–Crippen MR) is 139 cm³/mol. The number of aryl methyl sites for hydroxylation is 1. The number of barbiturate groups is 1. The molecule has 1 fully saturated rings. The minimum Gasteiger partial charge on any atom is -0.493 e. The number of halogens is 1. The van der Waals surface area contributed by atoms with Gasteiger partial charge in [-0.05, 0) is 60.5 Å². The van der Waals surface area contributed by atoms with Gasteiger partial charge in [0.25, 0.3) is 11.8 Å². The maximum absolute atomic E-state index is 13.2. The molecule has 0 saturated carbocycles. The summed E-state index contributed by atoms with van der Waals surface area (Å²) in [4.78, 5) is 50.1. The van der Waals surface area contributed by atoms with Crippen molar-refractivity contribution < 1.29 is 33.8 Å². The third-order valence-corrected chi connectivity index (χ3v) is 6.26. The summed E-state index contributed by atoms with van der Waals surface area (Å²) in [5.74, 6) is -1.86. The van der Waals surface area contributed by atoms with Crippen molar-refractivity contribution >= 4 is 51.5 Å². The topological polar surface area (TPSA) is 122 Å². The average Bonchev–Trinajstić information content (AvgIpc) is 2.87. The van der Waals surface area contributed by atoms with Gasteiger partial charge in [0, 0.05) is 4.47 Å². The van der Waals surface area contributed by atoms with Crippen molar-refractivity contribution in [3.05, 3.63) is 93.0 Å². The number of benzene rings is 3. The molecule has 0 unspecified atom stereocenters. The molecule has 3 aromatic carbocycles. The number of hydrogen-bond acceptors (Lipinski definition) is 6. The van der Waals surface area contributed by atoms with Crippen LogP contribution >= 0.6 is 15.9 Å². The summed E-state index contributed by atoms with van der Waals surface area (Å²) >= 11 is 3.44. The number of aromatic carboxylic acids is 1. The van der Waals surface area contributed by atoms with E-state index in [1.54, 1.807) is 48.5 Å². The first-order valence-electron chi connectivity index (χ1n) is 11.0. The monoisotopic (exact) mass is 564 g/mol. The second kappa shape index (κ2) is 10.7. The average molecular weight is 565 g/mol. The van der Waals surface area contributed by atoms with E-state index >= 15 is 0 Å². The lowest BCUT2D eigenvalue weighted by Gasteiger charge is -2.26. The van der Waals surface area contributed by atoms with Crippen molar-refractivity contribution in [3.63, 3.8) is 0 Å². The number of carboxylic acids is 1. The number of imide groups is 2. The Kier molecular flexibility index (Phi) is 7.40. The lowest BCUT2D eigenvalue weighted by molar-refractivity contribution is -0.122. The summed E-state index contributed by atoms with van der Waals surface area (Å²) in [5.41, 5.74) is 2.44. The molecule has 4 amide bonds. The van der Waals surface area contributed by atoms with Gasteiger partial charge < -0.3 is 14.6 Å². The number of carbonyl (C=O) groups excluding carboxylic acids is 3. The molecule has 188 valence electrons. The number of ether oxygens (including phenoxy) is 2. The number of anilines is 1. The van der Waals surface area contributed by atoms with Crippen molar-refractivity contribution in [2.45, 2.75) is 13.5 Å². The highest BCUT2D eigenvalue weighted by Crippen LogP contribution is 2.35. The first-order valence-corrected chi connectivity index (χ1v) is 11.8. The van der Waals surface area contributed by atoms with Crippen LogP contribution in [0, 0.1) is 6.92 Å². The third kappa shape index (κ3) is 5.54. The van der Waals surface area contributed by atoms with Crippen LogP contribution in [0.5, 0.6) is 11.5 Å². The fourth-order valence-corrected chi connectivity index (χ4v) is 4.02. The van der Waals surface area contributed by atoms with Crippen molar-refractivity contribution in [1.29, 1.82) is 0 Å². The molecule has 0 atom stereocenters. The van der Waals surface area contributed by atoms with E-state index in [-0.39, 0.29) is 17.7 Å². The Morgan fingerprint density at radius 1 is 1.03 bits per heavy atom. The lowest BCUT2D eigenvalue weighted by Crippen LogP contribution is -2.54. The molecule has 1 aliphatic rings. The summed E-state index contributed by atoms with van der Waals surface area (Å²) in [5, 5.41) is 11.2. The van der Waals surface area contributed by atoms with Gasteiger partial charge in [-0.25, -0.2) is 14.5 Å². The Morgan fingerprint density at radius 3 is 2.32 bits per heavy atom. The van der Waals surface area contributed by atoms with Gasteiger partial charge in [0.05, 0.1) is 18.4 Å². The molecular formula is C27H21BrN2O7. The Labute approximate surface area is 220 Å². The quantitative estimate of drug-likeness (QED) is 0.314. The van der Waals surface area contributed by atoms with E-state index in [9.17, 15) is 19.2 Å². The number of methoxy groups -OCH3 is 1. The van der Waals surface area contributed by atoms with Crippen LogP contribution in [0.25, 0.3) is 6.08 Å². The normalized spacial score (nSPS) is 14.5. The number of hydrogen-bond donors (Lipinski definition) is 2. The third-order valence-electron chi connectivity index (χ3n) is 5.57. The van der Waals surface area contributed by atoms with Crippen LogP contribution in [0.15, 0.2) is 70.7 Å². The van der Waals surface area contributed by atoms with E-state index in [0.717, 1.165) is 16.0 Å². The molecule has 1 aliphatic heterocycles. The molecule has 0 spiro atoms. The summed E-state index contributed by atoms with van der Waals surface area (Å²) in [6, 6.07) is 15.4. The van der Waals surface area contributed by atoms with Gasteiger partial charge in [-0.1, -0.05) is 45.8 Å². The molecule has 2 N–H and O–H groups in total. The molecule has 0 aliphatic carbocycles. The molecule has 3 aromatic rings. The minimum atomic E-state index is -1.01. The van der Waals surface area contributed by atoms with Crippen LogP contribution in [-0.4, -0.2) is 36.0 Å². The summed E-state index contributed by atoms with van der Waals surface area (Å²) in [6.45, 7) is 2.03. The zero-order chi connectivity index (χ0) is 26.7. The number of nitrogens with one attached hydrogen (secondary N) is 1. The molecule has 9 nitrogen and oxygen atoms in total. The molecule has 1 saturated heterocycles. The van der Waals surface area contributed by atoms with Gasteiger partial charge in [-0.15, -0.1) is 0 Å². The maximum atomic E-state index is 13.2. The number of amides is 4. The van der Waals surface area contributed by atoms with Crippen LogP contribution in [0.1, 0.15) is 27.0 Å². The van der Waals surface area contributed by atoms with Crippen LogP contribution < -0.4 is 19.7 Å². The number of urea groups is 1. The van der Waals surface area contributed by atoms with Gasteiger partial charge >= 0.3 is 12.0 Å². The molecule has 10 heteroatoms. The summed E-state index contributed by atoms with van der Waals surface area (Å²) < 4.78 is 11.8. The van der Waals surface area contributed by atoms with Gasteiger partial charge in [0.15, 0.2) is 11.5 Å². The second-order valence-corrected chi connectivity index (χ2v) is 8.96. The zero-order valence-corrected chi connectivity index (χ0v) is 21.4. The van der Waals surface area contributed by atoms with Gasteiger partial charge in [-0.2, -0.15) is 0 Å². The minimum absolute atomic E-state index is 0.150. The predicted octanol–water partition coefficient (Wildman–Crippen LogP) is 4.71. The van der Waals surface area contributed by atoms with Crippen LogP contribution in [0.4, 0.5) is 10.5 Å². The first-order chi connectivity index (χ1) is 17.7. The van der Waals surface area contributed by atoms with E-state index in [0.29, 0.717) is 27.2 Å². The van der Waals surface area contributed by atoms with Crippen LogP contribution in [0.3, 0.4) is 0 Å². The lowest BCUT2D eigenvalue weighted by atomic mass is 10.1. The Balaban J connectivity index is 1.60. The molecule has 0 bridgehead atoms. The smallest absolute Gasteiger partial charge is 0.335 e. The Morgan fingerprint density at radius 2 is 1.70 bits per heavy atom. The number of nitrogens with zero attached hydrogens (tertiary/aromatic N) is 1. The van der Waals surface area contributed by atoms with Gasteiger partial charge in [-0.3, -0.25) is 14.9 Å². The number of carboxylic acid groups (broad SMARTS) is 1. The highest BCUT2D eigenvalue weighted by molar-refractivity contribution is 9.10. The molecule has 0 radical (unpaired) electrons. The second-order valence-electron chi connectivity index (χ2n) is 8.11. The molecule has 0 aromatic heterocycles. The number of carbonyl (C=O) groups is 4. The zero-order valence-electron chi connectivity index (χ0n) is 19.8. The van der Waals surface area contributed by atoms with Crippen molar-refractivity contribution in [2.75, 3.05) is 12.0 Å². The molecule has 37 heavy (non-hydrogen) atoms. The van der Waals surface area contributed by atoms with Crippen LogP contribution in [0.2, 0.25) is 0 Å². The van der Waals surface area contributed by atoms with E-state index in [4.69, 9.17) is 14.6 Å². The van der Waals surface area contributed by atoms with Gasteiger partial charge in [0.2, 0.25) is 0 Å². The van der Waals surface area contributed by atoms with E-state index < -0.39 is 23.8 Å². The first kappa shape index (κ1) is 25.6. The maximum Gasteiger partial charge on any atom is 0.335 e. The summed E-state index contributed by atoms with van der Waals surface area (Å²) in [7, 11) is 1.45. The Hall–Kier alpha value is -4.44. The summed E-state index contributed by atoms with van der Waals surface area (Å²) in [6.07, 6.45) is 1.37. The van der Waals surface area contributed by atoms with Crippen molar-refractivity contribution in [1.82, 2.24) is 5.32 Å². The Bertz CT molecular complexity index is 1430. The SMILES string of the molecule is COc1cc(/C=C2\C(=O)NC(=O)N(c3ccc(C)cc3)C2=O)c(Br)cc1OCc1ccc(C(=O)O)cc1. The molecular weight excluding hydrogens is 544 g/mol. The largest absolute Gasteiger partial charge is 0.493 e. The number of rotatable bonds is 7. The molecule has 1 heterocycles. The van der Waals surface area contributed by atoms with Crippen LogP contribution in [-0.2, 0) is 16.2 Å². The highest BCUT2D eigenvalue weighted by atomic mass is 79.9. The van der Waals surface area contributed by atoms with E-state index in [1.165, 1.54) is 25.3 Å².